The number of alkyl halides is 2. The molecular formula is C28H29F2N3O5S. The normalized spacial score (nSPS) is 16.3. The van der Waals surface area contributed by atoms with Crippen LogP contribution in [0.2, 0.25) is 0 Å². The third kappa shape index (κ3) is 4.75. The van der Waals surface area contributed by atoms with E-state index in [1.807, 2.05) is 12.1 Å². The van der Waals surface area contributed by atoms with Gasteiger partial charge in [-0.25, -0.2) is 22.0 Å². The van der Waals surface area contributed by atoms with E-state index in [2.05, 4.69) is 5.32 Å². The maximum Gasteiger partial charge on any atom is 0.321 e. The number of nitrogens with one attached hydrogen (secondary N) is 1. The number of amides is 2. The first-order valence-electron chi connectivity index (χ1n) is 12.5. The first-order chi connectivity index (χ1) is 18.7. The van der Waals surface area contributed by atoms with Crippen molar-refractivity contribution in [1.82, 2.24) is 4.90 Å². The molecule has 2 aliphatic rings. The molecule has 0 radical (unpaired) electrons. The van der Waals surface area contributed by atoms with Gasteiger partial charge < -0.3 is 19.7 Å². The Balaban J connectivity index is 1.35. The summed E-state index contributed by atoms with van der Waals surface area (Å²) in [5.74, 6) is 0.926. The smallest absolute Gasteiger partial charge is 0.321 e. The number of carbonyl (C=O) groups is 1. The van der Waals surface area contributed by atoms with Crippen molar-refractivity contribution in [3.63, 3.8) is 0 Å². The van der Waals surface area contributed by atoms with E-state index in [-0.39, 0.29) is 23.0 Å². The van der Waals surface area contributed by atoms with Gasteiger partial charge in [0.15, 0.2) is 11.5 Å². The molecule has 0 unspecified atom stereocenters. The van der Waals surface area contributed by atoms with Crippen LogP contribution in [0.3, 0.4) is 0 Å². The number of ether oxygens (including phenoxy) is 2. The number of rotatable bonds is 6. The highest BCUT2D eigenvalue weighted by Gasteiger charge is 2.48. The third-order valence-corrected chi connectivity index (χ3v) is 9.34. The number of sulfonamides is 1. The number of benzene rings is 3. The molecule has 0 aromatic heterocycles. The van der Waals surface area contributed by atoms with E-state index in [9.17, 15) is 22.0 Å². The summed E-state index contributed by atoms with van der Waals surface area (Å²) in [6, 6.07) is 17.0. The van der Waals surface area contributed by atoms with E-state index in [4.69, 9.17) is 9.47 Å². The zero-order valence-electron chi connectivity index (χ0n) is 21.6. The number of nitrogens with zero attached hydrogens (tertiary/aromatic N) is 2. The lowest BCUT2D eigenvalue weighted by Crippen LogP contribution is -2.48. The van der Waals surface area contributed by atoms with Crippen molar-refractivity contribution in [3.8, 4) is 11.5 Å². The first kappa shape index (κ1) is 26.7. The van der Waals surface area contributed by atoms with Crippen molar-refractivity contribution < 1.29 is 31.5 Å². The number of hydrogen-bond acceptors (Lipinski definition) is 5. The fourth-order valence-corrected chi connectivity index (χ4v) is 7.03. The van der Waals surface area contributed by atoms with Gasteiger partial charge in [0.25, 0.3) is 16.4 Å². The average molecular weight is 558 g/mol. The topological polar surface area (TPSA) is 88.2 Å². The van der Waals surface area contributed by atoms with Gasteiger partial charge in [-0.05, 0) is 48.7 Å². The summed E-state index contributed by atoms with van der Waals surface area (Å²) >= 11 is 0. The van der Waals surface area contributed by atoms with Crippen LogP contribution >= 0.6 is 0 Å². The number of likely N-dealkylation sites (tertiary alicyclic amines) is 1. The van der Waals surface area contributed by atoms with Crippen LogP contribution in [0.15, 0.2) is 71.6 Å². The number of halogens is 2. The molecule has 0 bridgehead atoms. The molecule has 1 spiro atoms. The van der Waals surface area contributed by atoms with Gasteiger partial charge in [-0.15, -0.1) is 0 Å². The third-order valence-electron chi connectivity index (χ3n) is 7.56. The zero-order chi connectivity index (χ0) is 27.8. The lowest BCUT2D eigenvalue weighted by atomic mass is 9.74. The Morgan fingerprint density at radius 3 is 2.28 bits per heavy atom. The molecule has 1 saturated heterocycles. The molecular weight excluding hydrogens is 528 g/mol. The Morgan fingerprint density at radius 2 is 1.64 bits per heavy atom. The van der Waals surface area contributed by atoms with Crippen LogP contribution in [-0.4, -0.2) is 53.2 Å². The number of urea groups is 1. The summed E-state index contributed by atoms with van der Waals surface area (Å²) < 4.78 is 65.4. The number of fused-ring (bicyclic) bond motifs is 2. The summed E-state index contributed by atoms with van der Waals surface area (Å²) in [6.07, 6.45) is -1.56. The maximum absolute atomic E-state index is 13.6. The standard InChI is InChI=1S/C28H29F2N3O5S/c1-37-24-9-5-7-22(25(24)38-2)31-27(34)32-16-14-28(15-17-32)18-33(23-8-4-3-6-21(23)28)39(35,36)20-12-10-19(11-13-20)26(29)30/h3-13,26H,14-18H2,1-2H3,(H,31,34). The van der Waals surface area contributed by atoms with Crippen molar-refractivity contribution in [3.05, 3.63) is 77.9 Å². The Kier molecular flexibility index (Phi) is 7.11. The summed E-state index contributed by atoms with van der Waals surface area (Å²) in [5.41, 5.74) is 1.27. The zero-order valence-corrected chi connectivity index (χ0v) is 22.4. The minimum atomic E-state index is -3.99. The predicted molar refractivity (Wildman–Crippen MR) is 143 cm³/mol. The summed E-state index contributed by atoms with van der Waals surface area (Å²) in [7, 11) is -0.960. The Bertz CT molecular complexity index is 1470. The molecule has 0 saturated carbocycles. The molecule has 11 heteroatoms. The van der Waals surface area contributed by atoms with Gasteiger partial charge >= 0.3 is 6.03 Å². The highest BCUT2D eigenvalue weighted by molar-refractivity contribution is 7.92. The van der Waals surface area contributed by atoms with E-state index >= 15 is 0 Å². The number of hydrogen-bond donors (Lipinski definition) is 1. The lowest BCUT2D eigenvalue weighted by molar-refractivity contribution is 0.151. The van der Waals surface area contributed by atoms with E-state index in [1.165, 1.54) is 30.7 Å². The molecule has 5 rings (SSSR count). The van der Waals surface area contributed by atoms with E-state index in [0.717, 1.165) is 17.7 Å². The number of para-hydroxylation sites is 2. The minimum absolute atomic E-state index is 0.0391. The van der Waals surface area contributed by atoms with E-state index in [1.54, 1.807) is 35.2 Å². The van der Waals surface area contributed by atoms with Crippen LogP contribution in [0.5, 0.6) is 11.5 Å². The van der Waals surface area contributed by atoms with Gasteiger partial charge in [-0.2, -0.15) is 0 Å². The number of anilines is 2. The quantitative estimate of drug-likeness (QED) is 0.438. The second kappa shape index (κ2) is 10.4. The van der Waals surface area contributed by atoms with Crippen molar-refractivity contribution in [2.45, 2.75) is 29.6 Å². The summed E-state index contributed by atoms with van der Waals surface area (Å²) in [6.45, 7) is 1.05. The van der Waals surface area contributed by atoms with Crippen molar-refractivity contribution in [2.75, 3.05) is 43.5 Å². The molecule has 2 amide bonds. The number of methoxy groups -OCH3 is 2. The fraction of sp³-hybridized carbons (Fsp3) is 0.321. The maximum atomic E-state index is 13.6. The predicted octanol–water partition coefficient (Wildman–Crippen LogP) is 5.42. The van der Waals surface area contributed by atoms with Crippen molar-refractivity contribution in [2.24, 2.45) is 0 Å². The van der Waals surface area contributed by atoms with Crippen LogP contribution in [0.25, 0.3) is 0 Å². The summed E-state index contributed by atoms with van der Waals surface area (Å²) in [5, 5.41) is 2.89. The molecule has 39 heavy (non-hydrogen) atoms. The van der Waals surface area contributed by atoms with Gasteiger partial charge in [-0.3, -0.25) is 4.31 Å². The first-order valence-corrected chi connectivity index (χ1v) is 13.9. The molecule has 1 N–H and O–H groups in total. The van der Waals surface area contributed by atoms with Crippen molar-refractivity contribution in [1.29, 1.82) is 0 Å². The van der Waals surface area contributed by atoms with Crippen LogP contribution in [0, 0.1) is 0 Å². The second-order valence-electron chi connectivity index (χ2n) is 9.64. The van der Waals surface area contributed by atoms with Gasteiger partial charge in [0.1, 0.15) is 0 Å². The molecule has 206 valence electrons. The van der Waals surface area contributed by atoms with Gasteiger partial charge in [-0.1, -0.05) is 36.4 Å². The SMILES string of the molecule is COc1cccc(NC(=O)N2CCC3(CC2)CN(S(=O)(=O)c2ccc(C(F)F)cc2)c2ccccc23)c1OC. The lowest BCUT2D eigenvalue weighted by Gasteiger charge is -2.39. The van der Waals surface area contributed by atoms with E-state index in [0.29, 0.717) is 48.8 Å². The minimum Gasteiger partial charge on any atom is -0.493 e. The van der Waals surface area contributed by atoms with Crippen LogP contribution in [-0.2, 0) is 15.4 Å². The van der Waals surface area contributed by atoms with Crippen molar-refractivity contribution >= 4 is 27.4 Å². The van der Waals surface area contributed by atoms with E-state index < -0.39 is 21.9 Å². The summed E-state index contributed by atoms with van der Waals surface area (Å²) in [4.78, 5) is 14.8. The molecule has 2 aliphatic heterocycles. The fourth-order valence-electron chi connectivity index (χ4n) is 5.46. The molecule has 2 heterocycles. The molecule has 3 aromatic rings. The Hall–Kier alpha value is -3.86. The van der Waals surface area contributed by atoms with Crippen LogP contribution in [0.1, 0.15) is 30.4 Å². The monoisotopic (exact) mass is 557 g/mol. The Morgan fingerprint density at radius 1 is 0.949 bits per heavy atom. The van der Waals surface area contributed by atoms with Gasteiger partial charge in [0, 0.05) is 30.6 Å². The Labute approximate surface area is 226 Å². The molecule has 8 nitrogen and oxygen atoms in total. The van der Waals surface area contributed by atoms with Gasteiger partial charge in [0.05, 0.1) is 30.5 Å². The number of carbonyl (C=O) groups excluding carboxylic acids is 1. The second-order valence-corrected chi connectivity index (χ2v) is 11.5. The van der Waals surface area contributed by atoms with Gasteiger partial charge in [0.2, 0.25) is 0 Å². The molecule has 0 aliphatic carbocycles. The highest BCUT2D eigenvalue weighted by Crippen LogP contribution is 2.49. The van der Waals surface area contributed by atoms with Crippen LogP contribution in [0.4, 0.5) is 25.0 Å². The average Bonchev–Trinajstić information content (AvgIpc) is 3.27. The van der Waals surface area contributed by atoms with Crippen LogP contribution < -0.4 is 19.1 Å². The largest absolute Gasteiger partial charge is 0.493 e. The molecule has 3 aromatic carbocycles. The molecule has 0 atom stereocenters. The number of piperidine rings is 1. The highest BCUT2D eigenvalue weighted by atomic mass is 32.2. The molecule has 1 fully saturated rings.